The van der Waals surface area contributed by atoms with Crippen LogP contribution in [-0.4, -0.2) is 38.9 Å². The van der Waals surface area contributed by atoms with Gasteiger partial charge < -0.3 is 15.4 Å². The van der Waals surface area contributed by atoms with Gasteiger partial charge in [-0.15, -0.1) is 0 Å². The highest BCUT2D eigenvalue weighted by atomic mass is 16.5. The number of hydrogen-bond acceptors (Lipinski definition) is 3. The number of nitrogens with one attached hydrogen (secondary N) is 2. The lowest BCUT2D eigenvalue weighted by molar-refractivity contribution is 0.139. The zero-order chi connectivity index (χ0) is 14.4. The van der Waals surface area contributed by atoms with Crippen molar-refractivity contribution in [3.8, 4) is 0 Å². The summed E-state index contributed by atoms with van der Waals surface area (Å²) in [5, 5.41) is 7.63. The lowest BCUT2D eigenvalue weighted by Gasteiger charge is -2.38. The highest BCUT2D eigenvalue weighted by Gasteiger charge is 2.33. The van der Waals surface area contributed by atoms with Crippen molar-refractivity contribution in [3.63, 3.8) is 0 Å². The molecule has 3 heteroatoms. The van der Waals surface area contributed by atoms with Crippen LogP contribution in [0.25, 0.3) is 0 Å². The Hall–Kier alpha value is -0.120. The summed E-state index contributed by atoms with van der Waals surface area (Å²) in [7, 11) is 1.80. The summed E-state index contributed by atoms with van der Waals surface area (Å²) < 4.78 is 5.23. The third-order valence-corrected chi connectivity index (χ3v) is 5.26. The first-order valence-corrected chi connectivity index (χ1v) is 8.58. The van der Waals surface area contributed by atoms with E-state index in [4.69, 9.17) is 4.74 Å². The highest BCUT2D eigenvalue weighted by molar-refractivity contribution is 4.92. The van der Waals surface area contributed by atoms with Gasteiger partial charge in [0, 0.05) is 32.3 Å². The molecule has 0 radical (unpaired) electrons. The van der Waals surface area contributed by atoms with Crippen molar-refractivity contribution in [1.29, 1.82) is 0 Å². The van der Waals surface area contributed by atoms with Crippen LogP contribution in [0.3, 0.4) is 0 Å². The molecule has 0 amide bonds. The predicted octanol–water partition coefficient (Wildman–Crippen LogP) is 2.95. The summed E-state index contributed by atoms with van der Waals surface area (Å²) in [5.74, 6) is 0.851. The second kappa shape index (κ2) is 7.77. The summed E-state index contributed by atoms with van der Waals surface area (Å²) >= 11 is 0. The molecule has 0 aromatic heterocycles. The third kappa shape index (κ3) is 4.71. The van der Waals surface area contributed by atoms with Crippen LogP contribution in [0.2, 0.25) is 0 Å². The summed E-state index contributed by atoms with van der Waals surface area (Å²) in [6.45, 7) is 7.92. The molecule has 0 spiro atoms. The van der Waals surface area contributed by atoms with Gasteiger partial charge >= 0.3 is 0 Å². The molecule has 2 N–H and O–H groups in total. The fourth-order valence-corrected chi connectivity index (χ4v) is 3.85. The van der Waals surface area contributed by atoms with Crippen molar-refractivity contribution in [2.75, 3.05) is 26.8 Å². The molecule has 0 bridgehead atoms. The zero-order valence-electron chi connectivity index (χ0n) is 13.7. The molecule has 1 saturated heterocycles. The Kier molecular flexibility index (Phi) is 6.31. The van der Waals surface area contributed by atoms with E-state index in [1.165, 1.54) is 45.1 Å². The number of ether oxygens (including phenoxy) is 1. The second-order valence-electron chi connectivity index (χ2n) is 7.55. The topological polar surface area (TPSA) is 33.3 Å². The van der Waals surface area contributed by atoms with E-state index in [1.807, 2.05) is 0 Å². The number of rotatable bonds is 7. The van der Waals surface area contributed by atoms with Crippen LogP contribution < -0.4 is 10.6 Å². The highest BCUT2D eigenvalue weighted by Crippen LogP contribution is 2.31. The van der Waals surface area contributed by atoms with Crippen LogP contribution in [0, 0.1) is 11.3 Å². The summed E-state index contributed by atoms with van der Waals surface area (Å²) in [4.78, 5) is 0. The largest absolute Gasteiger partial charge is 0.385 e. The van der Waals surface area contributed by atoms with E-state index in [9.17, 15) is 0 Å². The minimum absolute atomic E-state index is 0.334. The van der Waals surface area contributed by atoms with E-state index < -0.39 is 0 Å². The Morgan fingerprint density at radius 1 is 1.15 bits per heavy atom. The molecule has 2 rings (SSSR count). The van der Waals surface area contributed by atoms with Crippen LogP contribution in [0.4, 0.5) is 0 Å². The molecule has 1 heterocycles. The third-order valence-electron chi connectivity index (χ3n) is 5.26. The monoisotopic (exact) mass is 282 g/mol. The van der Waals surface area contributed by atoms with Gasteiger partial charge in [0.05, 0.1) is 0 Å². The lowest BCUT2D eigenvalue weighted by Crippen LogP contribution is -2.49. The van der Waals surface area contributed by atoms with Gasteiger partial charge in [-0.05, 0) is 50.0 Å². The maximum atomic E-state index is 5.23. The van der Waals surface area contributed by atoms with Crippen molar-refractivity contribution in [2.24, 2.45) is 11.3 Å². The van der Waals surface area contributed by atoms with Gasteiger partial charge in [-0.3, -0.25) is 0 Å². The van der Waals surface area contributed by atoms with Crippen molar-refractivity contribution in [2.45, 2.75) is 70.9 Å². The molecule has 3 nitrogen and oxygen atoms in total. The van der Waals surface area contributed by atoms with Crippen LogP contribution in [0.1, 0.15) is 58.8 Å². The van der Waals surface area contributed by atoms with Gasteiger partial charge in [0.1, 0.15) is 0 Å². The molecule has 0 aromatic rings. The van der Waals surface area contributed by atoms with Gasteiger partial charge in [0.25, 0.3) is 0 Å². The second-order valence-corrected chi connectivity index (χ2v) is 7.55. The van der Waals surface area contributed by atoms with Gasteiger partial charge in [0.2, 0.25) is 0 Å². The maximum absolute atomic E-state index is 5.23. The summed E-state index contributed by atoms with van der Waals surface area (Å²) in [5.41, 5.74) is 0.334. The van der Waals surface area contributed by atoms with E-state index in [1.54, 1.807) is 7.11 Å². The molecular formula is C17H34N2O. The predicted molar refractivity (Wildman–Crippen MR) is 85.0 cm³/mol. The van der Waals surface area contributed by atoms with Crippen LogP contribution in [-0.2, 0) is 4.74 Å². The summed E-state index contributed by atoms with van der Waals surface area (Å²) in [6.07, 6.45) is 9.49. The Labute approximate surface area is 125 Å². The molecule has 20 heavy (non-hydrogen) atoms. The van der Waals surface area contributed by atoms with Crippen molar-refractivity contribution in [3.05, 3.63) is 0 Å². The van der Waals surface area contributed by atoms with Crippen LogP contribution in [0.5, 0.6) is 0 Å². The van der Waals surface area contributed by atoms with E-state index >= 15 is 0 Å². The minimum Gasteiger partial charge on any atom is -0.385 e. The molecule has 0 aromatic carbocycles. The number of methoxy groups -OCH3 is 1. The first kappa shape index (κ1) is 16.3. The molecule has 1 aliphatic carbocycles. The van der Waals surface area contributed by atoms with E-state index in [2.05, 4.69) is 24.5 Å². The van der Waals surface area contributed by atoms with Gasteiger partial charge in [-0.1, -0.05) is 26.7 Å². The average molecular weight is 282 g/mol. The molecule has 2 fully saturated rings. The molecule has 3 unspecified atom stereocenters. The molecule has 3 atom stereocenters. The molecule has 1 aliphatic heterocycles. The Bertz CT molecular complexity index is 274. The Balaban J connectivity index is 1.82. The van der Waals surface area contributed by atoms with E-state index in [-0.39, 0.29) is 0 Å². The van der Waals surface area contributed by atoms with Gasteiger partial charge in [0.15, 0.2) is 0 Å². The molecular weight excluding hydrogens is 248 g/mol. The standard InChI is InChI=1S/C17H34N2O/c1-17(2,10-12-20-3)13-19-16-8-5-4-7-14(16)15-9-6-11-18-15/h14-16,18-19H,4-13H2,1-3H3. The SMILES string of the molecule is COCCC(C)(C)CNC1CCCCC1C1CCCN1. The smallest absolute Gasteiger partial charge is 0.0467 e. The fraction of sp³-hybridized carbons (Fsp3) is 1.00. The first-order valence-electron chi connectivity index (χ1n) is 8.58. The lowest BCUT2D eigenvalue weighted by atomic mass is 9.78. The van der Waals surface area contributed by atoms with Crippen LogP contribution in [0.15, 0.2) is 0 Å². The van der Waals surface area contributed by atoms with Crippen LogP contribution >= 0.6 is 0 Å². The first-order chi connectivity index (χ1) is 9.62. The molecule has 2 aliphatic rings. The minimum atomic E-state index is 0.334. The van der Waals surface area contributed by atoms with Gasteiger partial charge in [-0.2, -0.15) is 0 Å². The summed E-state index contributed by atoms with van der Waals surface area (Å²) in [6, 6.07) is 1.50. The Morgan fingerprint density at radius 3 is 2.65 bits per heavy atom. The fourth-order valence-electron chi connectivity index (χ4n) is 3.85. The van der Waals surface area contributed by atoms with Crippen molar-refractivity contribution >= 4 is 0 Å². The normalized spacial score (nSPS) is 31.6. The quantitative estimate of drug-likeness (QED) is 0.753. The number of hydrogen-bond donors (Lipinski definition) is 2. The Morgan fingerprint density at radius 2 is 1.95 bits per heavy atom. The van der Waals surface area contributed by atoms with E-state index in [0.717, 1.165) is 37.6 Å². The average Bonchev–Trinajstić information content (AvgIpc) is 2.97. The van der Waals surface area contributed by atoms with Crippen molar-refractivity contribution in [1.82, 2.24) is 10.6 Å². The maximum Gasteiger partial charge on any atom is 0.0467 e. The zero-order valence-corrected chi connectivity index (χ0v) is 13.7. The van der Waals surface area contributed by atoms with E-state index in [0.29, 0.717) is 5.41 Å². The molecule has 118 valence electrons. The van der Waals surface area contributed by atoms with Crippen molar-refractivity contribution < 1.29 is 4.74 Å². The van der Waals surface area contributed by atoms with Gasteiger partial charge in [-0.25, -0.2) is 0 Å². The molecule has 1 saturated carbocycles.